The number of sulfonamides is 1. The van der Waals surface area contributed by atoms with Gasteiger partial charge in [-0.1, -0.05) is 27.7 Å². The first kappa shape index (κ1) is 22.4. The molecule has 1 amide bonds. The van der Waals surface area contributed by atoms with E-state index < -0.39 is 10.0 Å². The van der Waals surface area contributed by atoms with Gasteiger partial charge in [-0.2, -0.15) is 0 Å². The molecule has 0 aromatic heterocycles. The second kappa shape index (κ2) is 10.5. The van der Waals surface area contributed by atoms with Gasteiger partial charge in [0.1, 0.15) is 0 Å². The molecule has 1 fully saturated rings. The Hall–Kier alpha value is -0.660. The molecule has 0 aromatic rings. The van der Waals surface area contributed by atoms with Crippen LogP contribution in [0.3, 0.4) is 0 Å². The summed E-state index contributed by atoms with van der Waals surface area (Å²) in [5.41, 5.74) is 0. The first-order valence-electron chi connectivity index (χ1n) is 9.63. The summed E-state index contributed by atoms with van der Waals surface area (Å²) in [7, 11) is -3.20. The number of amides is 1. The minimum absolute atomic E-state index is 0.00922. The van der Waals surface area contributed by atoms with Crippen molar-refractivity contribution in [2.24, 2.45) is 17.8 Å². The van der Waals surface area contributed by atoms with Gasteiger partial charge in [0.05, 0.1) is 11.7 Å². The zero-order chi connectivity index (χ0) is 19.0. The van der Waals surface area contributed by atoms with Crippen LogP contribution in [0.25, 0.3) is 0 Å². The predicted octanol–water partition coefficient (Wildman–Crippen LogP) is 1.78. The lowest BCUT2D eigenvalue weighted by Gasteiger charge is -2.31. The number of hydrogen-bond acceptors (Lipinski definition) is 4. The number of nitrogens with zero attached hydrogens (tertiary/aromatic N) is 2. The average Bonchev–Trinajstić information content (AvgIpc) is 2.53. The van der Waals surface area contributed by atoms with Crippen molar-refractivity contribution in [2.45, 2.75) is 47.5 Å². The van der Waals surface area contributed by atoms with E-state index in [0.717, 1.165) is 32.5 Å². The number of hydrogen-bond donors (Lipinski definition) is 1. The highest BCUT2D eigenvalue weighted by Crippen LogP contribution is 2.19. The molecule has 0 spiro atoms. The van der Waals surface area contributed by atoms with E-state index in [1.54, 1.807) is 6.92 Å². The quantitative estimate of drug-likeness (QED) is 0.632. The van der Waals surface area contributed by atoms with Crippen LogP contribution in [-0.4, -0.2) is 68.6 Å². The first-order chi connectivity index (χ1) is 11.7. The van der Waals surface area contributed by atoms with E-state index in [1.165, 1.54) is 4.31 Å². The smallest absolute Gasteiger partial charge is 0.224 e. The lowest BCUT2D eigenvalue weighted by atomic mass is 9.99. The monoisotopic (exact) mass is 375 g/mol. The summed E-state index contributed by atoms with van der Waals surface area (Å²) in [6.07, 6.45) is 1.52. The highest BCUT2D eigenvalue weighted by molar-refractivity contribution is 7.89. The summed E-state index contributed by atoms with van der Waals surface area (Å²) in [6, 6.07) is 0. The van der Waals surface area contributed by atoms with E-state index in [4.69, 9.17) is 0 Å². The number of piperidine rings is 1. The number of rotatable bonds is 10. The van der Waals surface area contributed by atoms with Crippen molar-refractivity contribution in [1.82, 2.24) is 14.5 Å². The van der Waals surface area contributed by atoms with Crippen LogP contribution in [0.1, 0.15) is 47.5 Å². The highest BCUT2D eigenvalue weighted by atomic mass is 32.2. The summed E-state index contributed by atoms with van der Waals surface area (Å²) in [6.45, 7) is 14.8. The molecular formula is C18H37N3O3S. The van der Waals surface area contributed by atoms with Crippen LogP contribution >= 0.6 is 0 Å². The van der Waals surface area contributed by atoms with Crippen LogP contribution in [0.2, 0.25) is 0 Å². The van der Waals surface area contributed by atoms with E-state index in [-0.39, 0.29) is 17.6 Å². The van der Waals surface area contributed by atoms with Crippen molar-refractivity contribution < 1.29 is 13.2 Å². The second-order valence-electron chi connectivity index (χ2n) is 7.94. The summed E-state index contributed by atoms with van der Waals surface area (Å²) >= 11 is 0. The maximum atomic E-state index is 12.4. The number of carbonyl (C=O) groups is 1. The van der Waals surface area contributed by atoms with E-state index in [9.17, 15) is 13.2 Å². The SMILES string of the molecule is CCS(=O)(=O)N1CCCC(C(=O)NCCN(CC(C)C)CC(C)C)C1. The Bertz CT molecular complexity index is 496. The van der Waals surface area contributed by atoms with Crippen LogP contribution in [0.4, 0.5) is 0 Å². The van der Waals surface area contributed by atoms with Crippen molar-refractivity contribution >= 4 is 15.9 Å². The van der Waals surface area contributed by atoms with Crippen LogP contribution < -0.4 is 5.32 Å². The lowest BCUT2D eigenvalue weighted by molar-refractivity contribution is -0.126. The van der Waals surface area contributed by atoms with E-state index in [0.29, 0.717) is 31.5 Å². The van der Waals surface area contributed by atoms with Crippen molar-refractivity contribution in [3.8, 4) is 0 Å². The van der Waals surface area contributed by atoms with Gasteiger partial charge in [0.2, 0.25) is 15.9 Å². The molecule has 1 rings (SSSR count). The molecule has 1 heterocycles. The van der Waals surface area contributed by atoms with Gasteiger partial charge in [-0.05, 0) is 31.6 Å². The summed E-state index contributed by atoms with van der Waals surface area (Å²) in [4.78, 5) is 14.8. The molecule has 1 N–H and O–H groups in total. The number of carbonyl (C=O) groups excluding carboxylic acids is 1. The van der Waals surface area contributed by atoms with Crippen molar-refractivity contribution in [1.29, 1.82) is 0 Å². The Kier molecular flexibility index (Phi) is 9.38. The van der Waals surface area contributed by atoms with Crippen LogP contribution in [0, 0.1) is 17.8 Å². The largest absolute Gasteiger partial charge is 0.355 e. The van der Waals surface area contributed by atoms with Gasteiger partial charge in [0.15, 0.2) is 0 Å². The Morgan fingerprint density at radius 1 is 1.20 bits per heavy atom. The topological polar surface area (TPSA) is 69.7 Å². The summed E-state index contributed by atoms with van der Waals surface area (Å²) in [5.74, 6) is 1.06. The average molecular weight is 376 g/mol. The molecule has 1 saturated heterocycles. The molecule has 0 radical (unpaired) electrons. The van der Waals surface area contributed by atoms with Crippen molar-refractivity contribution in [3.63, 3.8) is 0 Å². The third-order valence-electron chi connectivity index (χ3n) is 4.49. The van der Waals surface area contributed by atoms with Gasteiger partial charge in [-0.25, -0.2) is 12.7 Å². The maximum Gasteiger partial charge on any atom is 0.224 e. The van der Waals surface area contributed by atoms with Gasteiger partial charge in [0.25, 0.3) is 0 Å². The molecule has 148 valence electrons. The van der Waals surface area contributed by atoms with Crippen LogP contribution in [0.5, 0.6) is 0 Å². The van der Waals surface area contributed by atoms with E-state index in [1.807, 2.05) is 0 Å². The maximum absolute atomic E-state index is 12.4. The highest BCUT2D eigenvalue weighted by Gasteiger charge is 2.31. The normalized spacial score (nSPS) is 19.8. The van der Waals surface area contributed by atoms with Gasteiger partial charge in [-0.3, -0.25) is 4.79 Å². The molecule has 1 aliphatic rings. The zero-order valence-corrected chi connectivity index (χ0v) is 17.4. The molecular weight excluding hydrogens is 338 g/mol. The fourth-order valence-electron chi connectivity index (χ4n) is 3.36. The molecule has 6 nitrogen and oxygen atoms in total. The Morgan fingerprint density at radius 2 is 1.80 bits per heavy atom. The lowest BCUT2D eigenvalue weighted by Crippen LogP contribution is -2.47. The zero-order valence-electron chi connectivity index (χ0n) is 16.6. The van der Waals surface area contributed by atoms with Gasteiger partial charge < -0.3 is 10.2 Å². The Balaban J connectivity index is 2.47. The van der Waals surface area contributed by atoms with Crippen molar-refractivity contribution in [2.75, 3.05) is 45.0 Å². The minimum atomic E-state index is -3.20. The van der Waals surface area contributed by atoms with Gasteiger partial charge in [0, 0.05) is 39.3 Å². The Morgan fingerprint density at radius 3 is 2.32 bits per heavy atom. The first-order valence-corrected chi connectivity index (χ1v) is 11.2. The van der Waals surface area contributed by atoms with E-state index >= 15 is 0 Å². The minimum Gasteiger partial charge on any atom is -0.355 e. The predicted molar refractivity (Wildman–Crippen MR) is 103 cm³/mol. The molecule has 0 aromatic carbocycles. The molecule has 1 aliphatic heterocycles. The van der Waals surface area contributed by atoms with Gasteiger partial charge >= 0.3 is 0 Å². The van der Waals surface area contributed by atoms with Crippen molar-refractivity contribution in [3.05, 3.63) is 0 Å². The fraction of sp³-hybridized carbons (Fsp3) is 0.944. The second-order valence-corrected chi connectivity index (χ2v) is 10.2. The molecule has 1 unspecified atom stereocenters. The molecule has 7 heteroatoms. The summed E-state index contributed by atoms with van der Waals surface area (Å²) < 4.78 is 25.5. The molecule has 25 heavy (non-hydrogen) atoms. The molecule has 0 aliphatic carbocycles. The third-order valence-corrected chi connectivity index (χ3v) is 6.34. The van der Waals surface area contributed by atoms with Crippen LogP contribution in [-0.2, 0) is 14.8 Å². The fourth-order valence-corrected chi connectivity index (χ4v) is 4.54. The third kappa shape index (κ3) is 8.05. The van der Waals surface area contributed by atoms with Gasteiger partial charge in [-0.15, -0.1) is 0 Å². The molecule has 0 saturated carbocycles. The van der Waals surface area contributed by atoms with E-state index in [2.05, 4.69) is 37.9 Å². The molecule has 1 atom stereocenters. The summed E-state index contributed by atoms with van der Waals surface area (Å²) in [5, 5.41) is 3.02. The Labute approximate surface area is 154 Å². The number of nitrogens with one attached hydrogen (secondary N) is 1. The van der Waals surface area contributed by atoms with Crippen LogP contribution in [0.15, 0.2) is 0 Å². The molecule has 0 bridgehead atoms. The standard InChI is InChI=1S/C18H37N3O3S/c1-6-25(23,24)21-10-7-8-17(14-21)18(22)19-9-11-20(12-15(2)3)13-16(4)5/h15-17H,6-14H2,1-5H3,(H,19,22).